The number of carbonyl (C=O) groups excluding carboxylic acids is 10. The minimum absolute atomic E-state index is 0.00278. The van der Waals surface area contributed by atoms with Gasteiger partial charge in [-0.2, -0.15) is 0 Å². The topological polar surface area (TPSA) is 830 Å². The van der Waals surface area contributed by atoms with E-state index in [1.807, 2.05) is 0 Å². The molecular formula is C61H123N33O12. The van der Waals surface area contributed by atoms with Crippen molar-refractivity contribution < 1.29 is 57.8 Å². The van der Waals surface area contributed by atoms with E-state index in [0.717, 1.165) is 0 Å². The van der Waals surface area contributed by atoms with Gasteiger partial charge < -0.3 is 153 Å². The Hall–Kier alpha value is -10.4. The predicted molar refractivity (Wildman–Crippen MR) is 398 cm³/mol. The predicted octanol–water partition coefficient (Wildman–Crippen LogP) is -10.4. The highest BCUT2D eigenvalue weighted by Gasteiger charge is 2.36. The standard InChI is InChI=1S/C61H123N33O12/c62-24-4-1-14-36(47(97)86-37(15-2-5-25-63)48(98)93-43(23-13-33-84-61(77)78)54(104)94-44(55(105)106)16-3-6-26-64)87-50(100)40(20-10-30-81-58(71)72)91-53(103)42(22-12-32-83-60(75)76)90-49(99)38(17-7-27-65)88-51(101)41(21-11-31-82-59(73)74)92-52(102)39(19-9-29-80-57(69)70)89-46(96)35(85-45(95)34-66)18-8-28-79-56(67)68/h35-44H,1-34,62-66H2,(H,85,95)(H,86,97)(H,87,100)(H,88,101)(H,89,96)(H,90,99)(H,91,103)(H,92,102)(H,93,98)(H,94,104)(H,105,106)(H4,67,68,79)(H4,69,70,80)(H4,71,72,81)(H4,73,74,82)(H4,75,76,83)(H4,77,78,84)/t35-,36-,37-,38-,39-,40-,41-,42-,43-,44-/m0/s1. The molecule has 0 unspecified atom stereocenters. The molecule has 0 radical (unpaired) electrons. The molecule has 0 spiro atoms. The number of nitrogens with two attached hydrogens (primary N) is 11. The molecule has 0 aromatic heterocycles. The van der Waals surface area contributed by atoms with Crippen molar-refractivity contribution >= 4 is 101 Å². The van der Waals surface area contributed by atoms with Crippen LogP contribution in [0.3, 0.4) is 0 Å². The van der Waals surface area contributed by atoms with E-state index in [2.05, 4.69) is 85.1 Å². The summed E-state index contributed by atoms with van der Waals surface area (Å²) in [5.41, 5.74) is 61.7. The van der Waals surface area contributed by atoms with Gasteiger partial charge in [-0.05, 0) is 174 Å². The first kappa shape index (κ1) is 95.6. The normalized spacial score (nSPS) is 13.6. The molecule has 0 bridgehead atoms. The summed E-state index contributed by atoms with van der Waals surface area (Å²) in [5.74, 6) is -12.5. The zero-order valence-electron chi connectivity index (χ0n) is 60.6. The van der Waals surface area contributed by atoms with Crippen molar-refractivity contribution in [1.29, 1.82) is 32.5 Å². The second kappa shape index (κ2) is 57.0. The van der Waals surface area contributed by atoms with Crippen LogP contribution in [0.25, 0.3) is 0 Å². The number of carboxylic acid groups (broad SMARTS) is 1. The van der Waals surface area contributed by atoms with Crippen LogP contribution in [0.5, 0.6) is 0 Å². The Balaban J connectivity index is 7.63. The fourth-order valence-corrected chi connectivity index (χ4v) is 10.4. The number of hydrogen-bond acceptors (Lipinski definition) is 22. The van der Waals surface area contributed by atoms with Gasteiger partial charge in [-0.1, -0.05) is 0 Å². The maximum absolute atomic E-state index is 14.8. The first-order chi connectivity index (χ1) is 50.3. The van der Waals surface area contributed by atoms with E-state index in [9.17, 15) is 57.8 Å². The number of guanidine groups is 6. The maximum Gasteiger partial charge on any atom is 0.326 e. The molecule has 0 saturated carbocycles. The Kier molecular flexibility index (Phi) is 51.4. The number of amides is 10. The smallest absolute Gasteiger partial charge is 0.326 e. The van der Waals surface area contributed by atoms with Crippen molar-refractivity contribution in [2.24, 2.45) is 63.1 Å². The minimum Gasteiger partial charge on any atom is -0.480 e. The lowest BCUT2D eigenvalue weighted by Gasteiger charge is -2.29. The summed E-state index contributed by atoms with van der Waals surface area (Å²) in [5, 5.41) is 97.5. The van der Waals surface area contributed by atoms with Crippen LogP contribution in [0.15, 0.2) is 0 Å². The van der Waals surface area contributed by atoms with Crippen molar-refractivity contribution in [2.75, 3.05) is 72.0 Å². The summed E-state index contributed by atoms with van der Waals surface area (Å²) in [6.07, 6.45) is 1.87. The maximum atomic E-state index is 14.8. The number of carboxylic acids is 1. The van der Waals surface area contributed by atoms with Crippen LogP contribution in [0, 0.1) is 32.5 Å². The van der Waals surface area contributed by atoms with E-state index >= 15 is 0 Å². The van der Waals surface area contributed by atoms with Crippen LogP contribution in [-0.2, 0) is 52.7 Å². The number of rotatable bonds is 60. The molecule has 0 fully saturated rings. The first-order valence-electron chi connectivity index (χ1n) is 35.6. The Morgan fingerprint density at radius 2 is 0.396 bits per heavy atom. The van der Waals surface area contributed by atoms with E-state index in [4.69, 9.17) is 95.5 Å². The van der Waals surface area contributed by atoms with Gasteiger partial charge >= 0.3 is 5.97 Å². The summed E-state index contributed by atoms with van der Waals surface area (Å²) < 4.78 is 0. The second-order valence-electron chi connectivity index (χ2n) is 24.9. The van der Waals surface area contributed by atoms with Crippen molar-refractivity contribution in [2.45, 2.75) is 208 Å². The van der Waals surface area contributed by atoms with Crippen LogP contribution in [0.2, 0.25) is 0 Å². The second-order valence-corrected chi connectivity index (χ2v) is 24.9. The molecule has 10 amide bonds. The molecular weight excluding hydrogens is 1390 g/mol. The first-order valence-corrected chi connectivity index (χ1v) is 35.6. The monoisotopic (exact) mass is 1510 g/mol. The van der Waals surface area contributed by atoms with Crippen LogP contribution in [0.1, 0.15) is 148 Å². The van der Waals surface area contributed by atoms with E-state index in [-0.39, 0.29) is 205 Å². The summed E-state index contributed by atoms with van der Waals surface area (Å²) in [4.78, 5) is 155. The van der Waals surface area contributed by atoms with Gasteiger partial charge in [0.25, 0.3) is 0 Å². The van der Waals surface area contributed by atoms with Gasteiger partial charge in [0.05, 0.1) is 6.54 Å². The molecule has 0 saturated heterocycles. The minimum atomic E-state index is -1.54. The molecule has 0 aromatic carbocycles. The Morgan fingerprint density at radius 1 is 0.236 bits per heavy atom. The van der Waals surface area contributed by atoms with E-state index in [0.29, 0.717) is 25.7 Å². The highest BCUT2D eigenvalue weighted by Crippen LogP contribution is 2.13. The lowest BCUT2D eigenvalue weighted by atomic mass is 10.0. The largest absolute Gasteiger partial charge is 0.480 e. The molecule has 0 aliphatic carbocycles. The molecule has 45 nitrogen and oxygen atoms in total. The number of nitrogens with one attached hydrogen (secondary N) is 22. The van der Waals surface area contributed by atoms with Crippen LogP contribution in [-0.4, -0.2) is 238 Å². The molecule has 106 heavy (non-hydrogen) atoms. The van der Waals surface area contributed by atoms with E-state index in [1.54, 1.807) is 0 Å². The zero-order valence-corrected chi connectivity index (χ0v) is 60.6. The molecule has 0 aliphatic rings. The molecule has 45 N–H and O–H groups in total. The quantitative estimate of drug-likeness (QED) is 0.0153. The molecule has 0 rings (SSSR count). The number of unbranched alkanes of at least 4 members (excludes halogenated alkanes) is 3. The van der Waals surface area contributed by atoms with Gasteiger partial charge in [0.2, 0.25) is 59.1 Å². The highest BCUT2D eigenvalue weighted by atomic mass is 16.4. The lowest BCUT2D eigenvalue weighted by molar-refractivity contribution is -0.142. The van der Waals surface area contributed by atoms with Gasteiger partial charge in [-0.15, -0.1) is 0 Å². The number of aliphatic carboxylic acids is 1. The van der Waals surface area contributed by atoms with Crippen molar-refractivity contribution in [3.05, 3.63) is 0 Å². The number of carbonyl (C=O) groups is 11. The van der Waals surface area contributed by atoms with E-state index < -0.39 is 150 Å². The molecule has 0 heterocycles. The van der Waals surface area contributed by atoms with Crippen LogP contribution in [0.4, 0.5) is 0 Å². The highest BCUT2D eigenvalue weighted by molar-refractivity contribution is 5.99. The molecule has 604 valence electrons. The van der Waals surface area contributed by atoms with Gasteiger partial charge in [0, 0.05) is 39.3 Å². The van der Waals surface area contributed by atoms with Crippen LogP contribution >= 0.6 is 0 Å². The lowest BCUT2D eigenvalue weighted by Crippen LogP contribution is -2.60. The Morgan fingerprint density at radius 3 is 0.566 bits per heavy atom. The molecule has 45 heteroatoms. The molecule has 0 aromatic rings. The average Bonchev–Trinajstić information content (AvgIpc) is 0.861. The molecule has 10 atom stereocenters. The van der Waals surface area contributed by atoms with Crippen molar-refractivity contribution in [3.63, 3.8) is 0 Å². The van der Waals surface area contributed by atoms with Gasteiger partial charge in [0.1, 0.15) is 60.4 Å². The fourth-order valence-electron chi connectivity index (χ4n) is 10.4. The van der Waals surface area contributed by atoms with Gasteiger partial charge in [0.15, 0.2) is 35.8 Å². The SMILES string of the molecule is N=C(N)NCCC[C@H](NC(=O)CN)C(=O)N[C@@H](CCCNC(=N)N)C(=O)N[C@@H](CCCNC(=N)N)C(=O)N[C@@H](CCCN)C(=O)N[C@@H](CCCNC(=N)N)C(=O)N[C@@H](CCCNC(=N)N)C(=O)N[C@@H](CCCCN)C(=O)N[C@@H](CCCCN)C(=O)N[C@@H](CCCNC(=N)N)C(=O)N[C@@H](CCCCN)C(=O)O. The van der Waals surface area contributed by atoms with Gasteiger partial charge in [-0.3, -0.25) is 80.4 Å². The summed E-state index contributed by atoms with van der Waals surface area (Å²) >= 11 is 0. The van der Waals surface area contributed by atoms with Crippen LogP contribution < -0.4 is 148 Å². The molecule has 0 aliphatic heterocycles. The van der Waals surface area contributed by atoms with Crippen molar-refractivity contribution in [3.8, 4) is 0 Å². The third kappa shape index (κ3) is 45.6. The third-order valence-electron chi connectivity index (χ3n) is 16.0. The summed E-state index contributed by atoms with van der Waals surface area (Å²) in [6, 6.07) is -14.3. The summed E-state index contributed by atoms with van der Waals surface area (Å²) in [7, 11) is 0. The zero-order chi connectivity index (χ0) is 79.9. The fraction of sp³-hybridized carbons (Fsp3) is 0.721. The van der Waals surface area contributed by atoms with Crippen molar-refractivity contribution in [1.82, 2.24) is 85.1 Å². The Bertz CT molecular complexity index is 2810. The van der Waals surface area contributed by atoms with E-state index in [1.165, 1.54) is 0 Å². The Labute approximate surface area is 617 Å². The summed E-state index contributed by atoms with van der Waals surface area (Å²) in [6.45, 7) is 0.466. The number of hydrogen-bond donors (Lipinski definition) is 34. The third-order valence-corrected chi connectivity index (χ3v) is 16.0. The van der Waals surface area contributed by atoms with Gasteiger partial charge in [-0.25, -0.2) is 4.79 Å². The average molecular weight is 1510 g/mol.